The summed E-state index contributed by atoms with van der Waals surface area (Å²) < 4.78 is 8.72. The first-order chi connectivity index (χ1) is 8.58. The number of ether oxygens (including phenoxy) is 1. The van der Waals surface area contributed by atoms with Crippen LogP contribution in [0.15, 0.2) is 35.1 Å². The first-order valence-electron chi connectivity index (χ1n) is 5.72. The van der Waals surface area contributed by atoms with Crippen LogP contribution in [0.4, 0.5) is 0 Å². The summed E-state index contributed by atoms with van der Waals surface area (Å²) in [5, 5.41) is 0. The van der Waals surface area contributed by atoms with Gasteiger partial charge in [-0.1, -0.05) is 22.0 Å². The molecule has 0 saturated heterocycles. The molecule has 0 amide bonds. The number of nitrogens with two attached hydrogens (primary N) is 1. The Morgan fingerprint density at radius 3 is 2.89 bits per heavy atom. The lowest BCUT2D eigenvalue weighted by Crippen LogP contribution is -2.09. The van der Waals surface area contributed by atoms with Crippen LogP contribution in [0.3, 0.4) is 0 Å². The van der Waals surface area contributed by atoms with Crippen LogP contribution in [-0.4, -0.2) is 9.55 Å². The van der Waals surface area contributed by atoms with Gasteiger partial charge in [0.05, 0.1) is 0 Å². The highest BCUT2D eigenvalue weighted by atomic mass is 79.9. The van der Waals surface area contributed by atoms with E-state index in [2.05, 4.69) is 20.9 Å². The molecule has 0 bridgehead atoms. The molecule has 0 saturated carbocycles. The Labute approximate surface area is 115 Å². The standard InChI is InChI=1S/C13H16BrN3O/c1-9(15)11-4-3-10(14)7-12(11)18-8-13-16-5-6-17(13)2/h3-7,9H,8,15H2,1-2H3/t9-/m1/s1. The van der Waals surface area contributed by atoms with Gasteiger partial charge in [-0.05, 0) is 19.1 Å². The van der Waals surface area contributed by atoms with Crippen LogP contribution in [0.5, 0.6) is 5.75 Å². The highest BCUT2D eigenvalue weighted by Crippen LogP contribution is 2.28. The van der Waals surface area contributed by atoms with Crippen molar-refractivity contribution < 1.29 is 4.74 Å². The molecule has 0 spiro atoms. The van der Waals surface area contributed by atoms with Gasteiger partial charge in [0.1, 0.15) is 18.2 Å². The minimum Gasteiger partial charge on any atom is -0.485 e. The van der Waals surface area contributed by atoms with Gasteiger partial charge in [0.2, 0.25) is 0 Å². The molecule has 5 heteroatoms. The molecule has 1 aromatic heterocycles. The summed E-state index contributed by atoms with van der Waals surface area (Å²) in [5.41, 5.74) is 6.92. The van der Waals surface area contributed by atoms with Crippen molar-refractivity contribution in [1.82, 2.24) is 9.55 Å². The molecule has 0 aliphatic rings. The molecule has 2 aromatic rings. The summed E-state index contributed by atoms with van der Waals surface area (Å²) in [6.07, 6.45) is 3.65. The van der Waals surface area contributed by atoms with E-state index in [9.17, 15) is 0 Å². The largest absolute Gasteiger partial charge is 0.485 e. The topological polar surface area (TPSA) is 53.1 Å². The van der Waals surface area contributed by atoms with Crippen molar-refractivity contribution in [2.24, 2.45) is 12.8 Å². The van der Waals surface area contributed by atoms with Gasteiger partial charge in [-0.2, -0.15) is 0 Å². The third-order valence-electron chi connectivity index (χ3n) is 2.74. The first-order valence-corrected chi connectivity index (χ1v) is 6.51. The van der Waals surface area contributed by atoms with Gasteiger partial charge in [0, 0.05) is 35.5 Å². The molecule has 0 aliphatic carbocycles. The van der Waals surface area contributed by atoms with Crippen molar-refractivity contribution in [1.29, 1.82) is 0 Å². The molecule has 1 atom stereocenters. The molecule has 18 heavy (non-hydrogen) atoms. The van der Waals surface area contributed by atoms with Crippen molar-refractivity contribution in [2.45, 2.75) is 19.6 Å². The molecular weight excluding hydrogens is 294 g/mol. The SMILES string of the molecule is C[C@@H](N)c1ccc(Br)cc1OCc1nccn1C. The minimum atomic E-state index is -0.0607. The Balaban J connectivity index is 2.18. The fourth-order valence-electron chi connectivity index (χ4n) is 1.69. The molecule has 2 rings (SSSR count). The second-order valence-corrected chi connectivity index (χ2v) is 5.13. The molecule has 0 unspecified atom stereocenters. The normalized spacial score (nSPS) is 12.4. The molecule has 4 nitrogen and oxygen atoms in total. The third-order valence-corrected chi connectivity index (χ3v) is 3.24. The quantitative estimate of drug-likeness (QED) is 0.945. The van der Waals surface area contributed by atoms with E-state index < -0.39 is 0 Å². The molecule has 2 N–H and O–H groups in total. The van der Waals surface area contributed by atoms with E-state index in [4.69, 9.17) is 10.5 Å². The number of aryl methyl sites for hydroxylation is 1. The summed E-state index contributed by atoms with van der Waals surface area (Å²) in [6, 6.07) is 5.81. The Morgan fingerprint density at radius 1 is 1.50 bits per heavy atom. The van der Waals surface area contributed by atoms with E-state index in [1.165, 1.54) is 0 Å². The number of rotatable bonds is 4. The van der Waals surface area contributed by atoms with Gasteiger partial charge < -0.3 is 15.0 Å². The lowest BCUT2D eigenvalue weighted by Gasteiger charge is -2.14. The van der Waals surface area contributed by atoms with Gasteiger partial charge in [-0.3, -0.25) is 0 Å². The Hall–Kier alpha value is -1.33. The Kier molecular flexibility index (Phi) is 4.04. The van der Waals surface area contributed by atoms with Crippen LogP contribution < -0.4 is 10.5 Å². The van der Waals surface area contributed by atoms with Gasteiger partial charge in [0.25, 0.3) is 0 Å². The summed E-state index contributed by atoms with van der Waals surface area (Å²) in [4.78, 5) is 4.22. The van der Waals surface area contributed by atoms with E-state index in [-0.39, 0.29) is 6.04 Å². The lowest BCUT2D eigenvalue weighted by atomic mass is 10.1. The summed E-state index contributed by atoms with van der Waals surface area (Å²) in [5.74, 6) is 1.67. The zero-order valence-electron chi connectivity index (χ0n) is 10.4. The van der Waals surface area contributed by atoms with Gasteiger partial charge in [0.15, 0.2) is 0 Å². The average Bonchev–Trinajstić information content (AvgIpc) is 2.72. The maximum atomic E-state index is 5.93. The monoisotopic (exact) mass is 309 g/mol. The smallest absolute Gasteiger partial charge is 0.146 e. The zero-order chi connectivity index (χ0) is 13.1. The lowest BCUT2D eigenvalue weighted by molar-refractivity contribution is 0.287. The number of nitrogens with zero attached hydrogens (tertiary/aromatic N) is 2. The van der Waals surface area contributed by atoms with E-state index in [1.54, 1.807) is 6.20 Å². The molecule has 0 radical (unpaired) electrons. The second-order valence-electron chi connectivity index (χ2n) is 4.21. The molecule has 1 aromatic carbocycles. The van der Waals surface area contributed by atoms with Crippen LogP contribution >= 0.6 is 15.9 Å². The van der Waals surface area contributed by atoms with Crippen molar-refractivity contribution in [3.63, 3.8) is 0 Å². The molecule has 0 aliphatic heterocycles. The average molecular weight is 310 g/mol. The predicted octanol–water partition coefficient (Wildman–Crippen LogP) is 2.78. The third kappa shape index (κ3) is 2.91. The number of hydrogen-bond acceptors (Lipinski definition) is 3. The maximum absolute atomic E-state index is 5.93. The number of benzene rings is 1. The fraction of sp³-hybridized carbons (Fsp3) is 0.308. The van der Waals surface area contributed by atoms with Crippen LogP contribution in [0.25, 0.3) is 0 Å². The first kappa shape index (κ1) is 13.1. The van der Waals surface area contributed by atoms with Crippen molar-refractivity contribution in [2.75, 3.05) is 0 Å². The van der Waals surface area contributed by atoms with Gasteiger partial charge in [-0.25, -0.2) is 4.98 Å². The van der Waals surface area contributed by atoms with Crippen LogP contribution in [0.2, 0.25) is 0 Å². The number of imidazole rings is 1. The summed E-state index contributed by atoms with van der Waals surface area (Å²) >= 11 is 3.44. The summed E-state index contributed by atoms with van der Waals surface area (Å²) in [7, 11) is 1.94. The number of halogens is 1. The highest BCUT2D eigenvalue weighted by Gasteiger charge is 2.10. The van der Waals surface area contributed by atoms with Crippen molar-refractivity contribution in [3.05, 3.63) is 46.5 Å². The highest BCUT2D eigenvalue weighted by molar-refractivity contribution is 9.10. The van der Waals surface area contributed by atoms with Crippen LogP contribution in [0.1, 0.15) is 24.4 Å². The molecular formula is C13H16BrN3O. The van der Waals surface area contributed by atoms with Gasteiger partial charge >= 0.3 is 0 Å². The fourth-order valence-corrected chi connectivity index (χ4v) is 2.03. The Bertz CT molecular complexity index is 537. The Morgan fingerprint density at radius 2 is 2.28 bits per heavy atom. The molecule has 0 fully saturated rings. The minimum absolute atomic E-state index is 0.0607. The summed E-state index contributed by atoms with van der Waals surface area (Å²) in [6.45, 7) is 2.37. The van der Waals surface area contributed by atoms with E-state index >= 15 is 0 Å². The van der Waals surface area contributed by atoms with Gasteiger partial charge in [-0.15, -0.1) is 0 Å². The van der Waals surface area contributed by atoms with E-state index in [0.717, 1.165) is 21.6 Å². The predicted molar refractivity (Wildman–Crippen MR) is 74.3 cm³/mol. The zero-order valence-corrected chi connectivity index (χ0v) is 12.0. The van der Waals surface area contributed by atoms with Crippen molar-refractivity contribution in [3.8, 4) is 5.75 Å². The van der Waals surface area contributed by atoms with Crippen molar-refractivity contribution >= 4 is 15.9 Å². The number of aromatic nitrogens is 2. The van der Waals surface area contributed by atoms with E-state index in [0.29, 0.717) is 6.61 Å². The second kappa shape index (κ2) is 5.54. The number of hydrogen-bond donors (Lipinski definition) is 1. The van der Waals surface area contributed by atoms with Crippen LogP contribution in [0, 0.1) is 0 Å². The van der Waals surface area contributed by atoms with Crippen LogP contribution in [-0.2, 0) is 13.7 Å². The molecule has 1 heterocycles. The van der Waals surface area contributed by atoms with E-state index in [1.807, 2.05) is 42.9 Å². The maximum Gasteiger partial charge on any atom is 0.146 e. The molecule has 96 valence electrons.